The van der Waals surface area contributed by atoms with Crippen LogP contribution in [0, 0.1) is 0 Å². The number of nitrogens with zero attached hydrogens (tertiary/aromatic N) is 2. The Bertz CT molecular complexity index is 1240. The van der Waals surface area contributed by atoms with E-state index in [4.69, 9.17) is 14.2 Å². The molecule has 0 aliphatic heterocycles. The maximum absolute atomic E-state index is 12.9. The van der Waals surface area contributed by atoms with Crippen LogP contribution in [0.1, 0.15) is 41.5 Å². The molecule has 0 aliphatic rings. The molecule has 3 rings (SSSR count). The minimum Gasteiger partial charge on any atom is -0.490 e. The van der Waals surface area contributed by atoms with Gasteiger partial charge in [-0.1, -0.05) is 23.1 Å². The minimum atomic E-state index is -0.454. The van der Waals surface area contributed by atoms with Crippen molar-refractivity contribution < 1.29 is 33.3 Å². The summed E-state index contributed by atoms with van der Waals surface area (Å²) in [5, 5.41) is 13.8. The number of benzene rings is 2. The van der Waals surface area contributed by atoms with Crippen LogP contribution in [0.4, 0.5) is 10.8 Å². The molecule has 0 saturated heterocycles. The van der Waals surface area contributed by atoms with Gasteiger partial charge in [0.25, 0.3) is 5.91 Å². The van der Waals surface area contributed by atoms with Crippen LogP contribution in [0.25, 0.3) is 0 Å². The van der Waals surface area contributed by atoms with Gasteiger partial charge in [0.2, 0.25) is 16.8 Å². The fourth-order valence-electron chi connectivity index (χ4n) is 3.14. The van der Waals surface area contributed by atoms with Crippen molar-refractivity contribution >= 4 is 51.7 Å². The predicted molar refractivity (Wildman–Crippen MR) is 145 cm³/mol. The molecule has 1 aromatic heterocycles. The van der Waals surface area contributed by atoms with Crippen LogP contribution in [-0.4, -0.2) is 60.7 Å². The van der Waals surface area contributed by atoms with Crippen LogP contribution >= 0.6 is 23.1 Å². The molecule has 11 nitrogen and oxygen atoms in total. The van der Waals surface area contributed by atoms with Crippen LogP contribution < -0.4 is 24.8 Å². The van der Waals surface area contributed by atoms with Gasteiger partial charge in [0.15, 0.2) is 15.8 Å². The Balaban J connectivity index is 1.60. The molecule has 3 aromatic rings. The number of methoxy groups -OCH3 is 1. The van der Waals surface area contributed by atoms with E-state index in [0.717, 1.165) is 11.3 Å². The summed E-state index contributed by atoms with van der Waals surface area (Å²) in [4.78, 5) is 36.7. The Morgan fingerprint density at radius 2 is 1.50 bits per heavy atom. The monoisotopic (exact) mass is 560 g/mol. The average Bonchev–Trinajstić information content (AvgIpc) is 3.36. The molecular formula is C25H28N4O7S2. The van der Waals surface area contributed by atoms with Gasteiger partial charge < -0.3 is 24.3 Å². The molecule has 0 aliphatic carbocycles. The summed E-state index contributed by atoms with van der Waals surface area (Å²) in [6.45, 7) is 6.72. The van der Waals surface area contributed by atoms with Crippen molar-refractivity contribution in [2.24, 2.45) is 0 Å². The van der Waals surface area contributed by atoms with Crippen LogP contribution in [0.3, 0.4) is 0 Å². The first kappa shape index (κ1) is 28.7. The van der Waals surface area contributed by atoms with Crippen molar-refractivity contribution in [1.82, 2.24) is 10.2 Å². The van der Waals surface area contributed by atoms with Crippen molar-refractivity contribution in [3.05, 3.63) is 47.5 Å². The summed E-state index contributed by atoms with van der Waals surface area (Å²) < 4.78 is 22.2. The second-order valence-corrected chi connectivity index (χ2v) is 9.53. The summed E-state index contributed by atoms with van der Waals surface area (Å²) in [6, 6.07) is 9.53. The number of esters is 1. The van der Waals surface area contributed by atoms with E-state index in [1.807, 2.05) is 20.8 Å². The van der Waals surface area contributed by atoms with Crippen LogP contribution in [0.5, 0.6) is 17.2 Å². The molecule has 0 bridgehead atoms. The van der Waals surface area contributed by atoms with Crippen molar-refractivity contribution in [1.29, 1.82) is 0 Å². The normalized spacial score (nSPS) is 10.4. The van der Waals surface area contributed by atoms with Crippen LogP contribution in [0.15, 0.2) is 40.7 Å². The summed E-state index contributed by atoms with van der Waals surface area (Å²) in [5.74, 6) is 0.202. The van der Waals surface area contributed by atoms with Gasteiger partial charge in [-0.15, -0.1) is 10.2 Å². The lowest BCUT2D eigenvalue weighted by molar-refractivity contribution is -0.113. The lowest BCUT2D eigenvalue weighted by atomic mass is 10.1. The van der Waals surface area contributed by atoms with Crippen molar-refractivity contribution in [3.8, 4) is 17.2 Å². The van der Waals surface area contributed by atoms with Gasteiger partial charge in [-0.05, 0) is 57.2 Å². The number of thioether (sulfide) groups is 1. The number of hydrogen-bond acceptors (Lipinski definition) is 11. The van der Waals surface area contributed by atoms with Crippen molar-refractivity contribution in [2.45, 2.75) is 25.1 Å². The topological polar surface area (TPSA) is 138 Å². The number of aromatic nitrogens is 2. The third kappa shape index (κ3) is 7.83. The SMILES string of the molecule is CCOc1cc(C(=O)Nc2nnc(SCC(=O)Nc3ccc(C(=O)OC)cc3)s2)cc(OCC)c1OCC. The lowest BCUT2D eigenvalue weighted by Crippen LogP contribution is -2.14. The van der Waals surface area contributed by atoms with Gasteiger partial charge in [-0.25, -0.2) is 4.79 Å². The number of rotatable bonds is 13. The molecule has 0 unspecified atom stereocenters. The molecular weight excluding hydrogens is 532 g/mol. The average molecular weight is 561 g/mol. The van der Waals surface area contributed by atoms with Gasteiger partial charge in [-0.2, -0.15) is 0 Å². The standard InChI is InChI=1S/C25H28N4O7S2/c1-5-34-18-12-16(13-19(35-6-2)21(18)36-7-3)22(31)27-24-28-29-25(38-24)37-14-20(30)26-17-10-8-15(9-11-17)23(32)33-4/h8-13H,5-7,14H2,1-4H3,(H,26,30)(H,27,28,31). The van der Waals surface area contributed by atoms with Gasteiger partial charge >= 0.3 is 5.97 Å². The Morgan fingerprint density at radius 3 is 2.08 bits per heavy atom. The Labute approximate surface area is 228 Å². The second kappa shape index (κ2) is 14.2. The summed E-state index contributed by atoms with van der Waals surface area (Å²) in [6.07, 6.45) is 0. The number of carbonyl (C=O) groups is 3. The predicted octanol–water partition coefficient (Wildman–Crippen LogP) is 4.50. The quantitative estimate of drug-likeness (QED) is 0.174. The number of hydrogen-bond donors (Lipinski definition) is 2. The first-order valence-electron chi connectivity index (χ1n) is 11.7. The largest absolute Gasteiger partial charge is 0.490 e. The molecule has 2 N–H and O–H groups in total. The Kier molecular flexibility index (Phi) is 10.7. The number of nitrogens with one attached hydrogen (secondary N) is 2. The maximum Gasteiger partial charge on any atom is 0.337 e. The highest BCUT2D eigenvalue weighted by atomic mass is 32.2. The number of anilines is 2. The summed E-state index contributed by atoms with van der Waals surface area (Å²) in [5.41, 5.74) is 1.24. The smallest absolute Gasteiger partial charge is 0.337 e. The fraction of sp³-hybridized carbons (Fsp3) is 0.320. The number of amides is 2. The zero-order valence-electron chi connectivity index (χ0n) is 21.4. The Morgan fingerprint density at radius 1 is 0.868 bits per heavy atom. The van der Waals surface area contributed by atoms with E-state index in [0.29, 0.717) is 58.2 Å². The van der Waals surface area contributed by atoms with Crippen LogP contribution in [0.2, 0.25) is 0 Å². The summed E-state index contributed by atoms with van der Waals surface area (Å²) >= 11 is 2.32. The molecule has 0 fully saturated rings. The van der Waals surface area contributed by atoms with Crippen molar-refractivity contribution in [3.63, 3.8) is 0 Å². The van der Waals surface area contributed by atoms with E-state index in [-0.39, 0.29) is 16.8 Å². The van der Waals surface area contributed by atoms with Gasteiger partial charge in [-0.3, -0.25) is 14.9 Å². The van der Waals surface area contributed by atoms with E-state index in [1.54, 1.807) is 36.4 Å². The molecule has 202 valence electrons. The second-order valence-electron chi connectivity index (χ2n) is 7.33. The first-order valence-corrected chi connectivity index (χ1v) is 13.5. The summed E-state index contributed by atoms with van der Waals surface area (Å²) in [7, 11) is 1.30. The van der Waals surface area contributed by atoms with E-state index < -0.39 is 11.9 Å². The highest BCUT2D eigenvalue weighted by Gasteiger charge is 2.19. The number of ether oxygens (including phenoxy) is 4. The van der Waals surface area contributed by atoms with Crippen molar-refractivity contribution in [2.75, 3.05) is 43.3 Å². The molecule has 0 radical (unpaired) electrons. The molecule has 13 heteroatoms. The molecule has 0 saturated carbocycles. The van der Waals surface area contributed by atoms with Crippen LogP contribution in [-0.2, 0) is 9.53 Å². The fourth-order valence-corrected chi connectivity index (χ4v) is 4.69. The first-order chi connectivity index (χ1) is 18.4. The Hall–Kier alpha value is -3.84. The zero-order valence-corrected chi connectivity index (χ0v) is 23.0. The molecule has 38 heavy (non-hydrogen) atoms. The van der Waals surface area contributed by atoms with Gasteiger partial charge in [0, 0.05) is 11.3 Å². The molecule has 2 amide bonds. The zero-order chi connectivity index (χ0) is 27.5. The molecule has 2 aromatic carbocycles. The highest BCUT2D eigenvalue weighted by molar-refractivity contribution is 8.01. The molecule has 0 atom stereocenters. The third-order valence-corrected chi connectivity index (χ3v) is 6.69. The molecule has 1 heterocycles. The van der Waals surface area contributed by atoms with Gasteiger partial charge in [0.05, 0.1) is 38.2 Å². The maximum atomic E-state index is 12.9. The van der Waals surface area contributed by atoms with E-state index in [1.165, 1.54) is 18.9 Å². The lowest BCUT2D eigenvalue weighted by Gasteiger charge is -2.16. The third-order valence-electron chi connectivity index (χ3n) is 4.71. The minimum absolute atomic E-state index is 0.0790. The van der Waals surface area contributed by atoms with Gasteiger partial charge in [0.1, 0.15) is 0 Å². The number of carbonyl (C=O) groups excluding carboxylic acids is 3. The van der Waals surface area contributed by atoms with E-state index in [9.17, 15) is 14.4 Å². The van der Waals surface area contributed by atoms with E-state index in [2.05, 4.69) is 25.6 Å². The van der Waals surface area contributed by atoms with E-state index >= 15 is 0 Å². The molecule has 0 spiro atoms. The highest BCUT2D eigenvalue weighted by Crippen LogP contribution is 2.39.